The van der Waals surface area contributed by atoms with Crippen molar-refractivity contribution >= 4 is 28.2 Å². The number of hydrogen-bond acceptors (Lipinski definition) is 8. The van der Waals surface area contributed by atoms with E-state index in [1.807, 2.05) is 0 Å². The Morgan fingerprint density at radius 3 is 2.50 bits per heavy atom. The molecule has 0 aromatic rings. The van der Waals surface area contributed by atoms with Crippen molar-refractivity contribution < 1.29 is 31.6 Å². The number of piperidine rings is 1. The highest BCUT2D eigenvalue weighted by atomic mass is 32.3. The van der Waals surface area contributed by atoms with Crippen LogP contribution in [-0.2, 0) is 24.3 Å². The molecule has 4 N–H and O–H groups in total. The Morgan fingerprint density at radius 1 is 1.29 bits per heavy atom. The minimum atomic E-state index is -4.86. The van der Waals surface area contributed by atoms with Crippen LogP contribution >= 0.6 is 0 Å². The lowest BCUT2D eigenvalue weighted by molar-refractivity contribution is -0.151. The molecule has 3 saturated heterocycles. The Balaban J connectivity index is 1.71. The molecule has 4 amide bonds. The van der Waals surface area contributed by atoms with Gasteiger partial charge >= 0.3 is 16.4 Å². The van der Waals surface area contributed by atoms with Crippen molar-refractivity contribution in [2.75, 3.05) is 19.6 Å². The van der Waals surface area contributed by atoms with Gasteiger partial charge in [0.15, 0.2) is 0 Å². The third-order valence-corrected chi connectivity index (χ3v) is 4.74. The van der Waals surface area contributed by atoms with E-state index >= 15 is 0 Å². The maximum atomic E-state index is 12.4. The van der Waals surface area contributed by atoms with Crippen LogP contribution in [0.2, 0.25) is 0 Å². The molecule has 0 saturated carbocycles. The maximum Gasteiger partial charge on any atom is 0.418 e. The first-order valence-corrected chi connectivity index (χ1v) is 8.65. The molecular weight excluding hydrogens is 346 g/mol. The van der Waals surface area contributed by atoms with Gasteiger partial charge in [-0.25, -0.2) is 15.6 Å². The average molecular weight is 363 g/mol. The smallest absolute Gasteiger partial charge is 0.315 e. The highest BCUT2D eigenvalue weighted by molar-refractivity contribution is 7.80. The van der Waals surface area contributed by atoms with Crippen LogP contribution in [0, 0.1) is 5.92 Å². The third kappa shape index (κ3) is 2.95. The normalized spacial score (nSPS) is 27.2. The van der Waals surface area contributed by atoms with E-state index in [2.05, 4.69) is 9.60 Å². The number of nitrogens with two attached hydrogens (primary N) is 1. The zero-order valence-electron chi connectivity index (χ0n) is 12.5. The van der Waals surface area contributed by atoms with Gasteiger partial charge in [-0.3, -0.25) is 14.1 Å². The van der Waals surface area contributed by atoms with E-state index in [1.165, 1.54) is 0 Å². The summed E-state index contributed by atoms with van der Waals surface area (Å²) in [4.78, 5) is 37.8. The van der Waals surface area contributed by atoms with Crippen LogP contribution in [0.3, 0.4) is 0 Å². The number of carbonyl (C=O) groups is 3. The van der Waals surface area contributed by atoms with E-state index in [0.717, 1.165) is 4.90 Å². The van der Waals surface area contributed by atoms with Crippen LogP contribution in [0.25, 0.3) is 0 Å². The zero-order chi connectivity index (χ0) is 17.6. The van der Waals surface area contributed by atoms with Crippen molar-refractivity contribution in [2.45, 2.75) is 24.9 Å². The number of hydrogen-bond donors (Lipinski definition) is 3. The number of amides is 4. The Bertz CT molecular complexity index is 678. The number of fused-ring (bicyclic) bond motifs is 2. The first kappa shape index (κ1) is 17.0. The minimum absolute atomic E-state index is 0.0395. The second-order valence-electron chi connectivity index (χ2n) is 5.91. The Hall–Kier alpha value is -1.80. The first-order chi connectivity index (χ1) is 11.2. The molecule has 3 aliphatic rings. The lowest BCUT2D eigenvalue weighted by Crippen LogP contribution is -2.60. The molecule has 3 heterocycles. The van der Waals surface area contributed by atoms with E-state index in [0.29, 0.717) is 23.2 Å². The van der Waals surface area contributed by atoms with Gasteiger partial charge in [-0.15, -0.1) is 4.28 Å². The molecule has 0 unspecified atom stereocenters. The fourth-order valence-corrected chi connectivity index (χ4v) is 3.41. The van der Waals surface area contributed by atoms with Crippen molar-refractivity contribution in [3.05, 3.63) is 0 Å². The van der Waals surface area contributed by atoms with Crippen molar-refractivity contribution in [1.82, 2.24) is 20.3 Å². The summed E-state index contributed by atoms with van der Waals surface area (Å²) in [6, 6.07) is -2.47. The van der Waals surface area contributed by atoms with Crippen LogP contribution in [0.15, 0.2) is 0 Å². The summed E-state index contributed by atoms with van der Waals surface area (Å²) in [5.41, 5.74) is 0. The van der Waals surface area contributed by atoms with Crippen molar-refractivity contribution in [3.63, 3.8) is 0 Å². The number of carbonyl (C=O) groups excluding carboxylic acids is 3. The van der Waals surface area contributed by atoms with E-state index in [-0.39, 0.29) is 25.3 Å². The summed E-state index contributed by atoms with van der Waals surface area (Å²) >= 11 is 0. The first-order valence-electron chi connectivity index (χ1n) is 7.29. The Kier molecular flexibility index (Phi) is 4.21. The van der Waals surface area contributed by atoms with Gasteiger partial charge in [0, 0.05) is 19.6 Å². The molecule has 13 heteroatoms. The van der Waals surface area contributed by atoms with Crippen LogP contribution in [0.1, 0.15) is 12.8 Å². The largest absolute Gasteiger partial charge is 0.418 e. The maximum absolute atomic E-state index is 12.4. The number of nitrogens with one attached hydrogen (secondary N) is 1. The highest BCUT2D eigenvalue weighted by Crippen LogP contribution is 2.31. The van der Waals surface area contributed by atoms with Gasteiger partial charge in [0.05, 0.1) is 12.0 Å². The van der Waals surface area contributed by atoms with Gasteiger partial charge in [-0.1, -0.05) is 0 Å². The van der Waals surface area contributed by atoms with Crippen LogP contribution in [0.4, 0.5) is 4.79 Å². The number of rotatable bonds is 4. The fraction of sp³-hybridized carbons (Fsp3) is 0.727. The van der Waals surface area contributed by atoms with E-state index < -0.39 is 40.3 Å². The Labute approximate surface area is 137 Å². The summed E-state index contributed by atoms with van der Waals surface area (Å²) in [7, 11) is -4.86. The molecule has 3 aliphatic heterocycles. The lowest BCUT2D eigenvalue weighted by Gasteiger charge is -2.34. The van der Waals surface area contributed by atoms with E-state index in [9.17, 15) is 22.8 Å². The summed E-state index contributed by atoms with van der Waals surface area (Å²) in [6.45, 7) is 0.911. The van der Waals surface area contributed by atoms with Gasteiger partial charge in [0.1, 0.15) is 6.04 Å². The summed E-state index contributed by atoms with van der Waals surface area (Å²) in [6.07, 6.45) is 0.464. The zero-order valence-corrected chi connectivity index (χ0v) is 13.3. The molecule has 12 nitrogen and oxygen atoms in total. The fourth-order valence-electron chi connectivity index (χ4n) is 3.02. The van der Waals surface area contributed by atoms with Gasteiger partial charge in [-0.2, -0.15) is 13.5 Å². The highest BCUT2D eigenvalue weighted by Gasteiger charge is 2.50. The number of imide groups is 1. The van der Waals surface area contributed by atoms with Crippen molar-refractivity contribution in [1.29, 1.82) is 0 Å². The second-order valence-corrected chi connectivity index (χ2v) is 6.92. The number of urea groups is 1. The van der Waals surface area contributed by atoms with Gasteiger partial charge in [0.25, 0.3) is 5.91 Å². The van der Waals surface area contributed by atoms with Crippen LogP contribution in [0.5, 0.6) is 0 Å². The lowest BCUT2D eigenvalue weighted by atomic mass is 9.98. The predicted molar refractivity (Wildman–Crippen MR) is 75.8 cm³/mol. The Morgan fingerprint density at radius 2 is 1.96 bits per heavy atom. The summed E-state index contributed by atoms with van der Waals surface area (Å²) in [5, 5.41) is 3.95. The van der Waals surface area contributed by atoms with Gasteiger partial charge in [0.2, 0.25) is 5.91 Å². The van der Waals surface area contributed by atoms with Crippen LogP contribution < -0.4 is 11.2 Å². The molecule has 0 aromatic heterocycles. The van der Waals surface area contributed by atoms with Crippen molar-refractivity contribution in [2.24, 2.45) is 11.8 Å². The summed E-state index contributed by atoms with van der Waals surface area (Å²) < 4.78 is 34.7. The second kappa shape index (κ2) is 5.93. The molecule has 134 valence electrons. The molecule has 0 aliphatic carbocycles. The molecule has 0 aromatic carbocycles. The standard InChI is InChI=1S/C11H17N5O7S/c12-15(9(17)6-3-13-4-6)10(18)8-2-1-7-5-14(8)11(19)16(7)23-24(20,21)22/h6-8,13H,1-5,12H2,(H,20,21,22)/t7-,8+/m1/s1. The minimum Gasteiger partial charge on any atom is -0.315 e. The monoisotopic (exact) mass is 363 g/mol. The van der Waals surface area contributed by atoms with E-state index in [4.69, 9.17) is 10.4 Å². The van der Waals surface area contributed by atoms with Gasteiger partial charge in [-0.05, 0) is 12.8 Å². The number of hydrazine groups is 1. The number of nitrogens with zero attached hydrogens (tertiary/aromatic N) is 3. The van der Waals surface area contributed by atoms with Crippen molar-refractivity contribution in [3.8, 4) is 0 Å². The van der Waals surface area contributed by atoms with Crippen LogP contribution in [-0.4, -0.2) is 77.5 Å². The molecule has 0 spiro atoms. The molecule has 0 radical (unpaired) electrons. The third-order valence-electron chi connectivity index (χ3n) is 4.39. The molecule has 24 heavy (non-hydrogen) atoms. The van der Waals surface area contributed by atoms with E-state index in [1.54, 1.807) is 0 Å². The SMILES string of the molecule is NN(C(=O)C1CNC1)C(=O)[C@@H]1CC[C@@H]2CN1C(=O)N2OS(=O)(=O)O. The molecule has 2 atom stereocenters. The molecule has 3 fully saturated rings. The molecular formula is C11H17N5O7S. The molecule has 3 rings (SSSR count). The molecule has 2 bridgehead atoms. The predicted octanol–water partition coefficient (Wildman–Crippen LogP) is -2.56. The van der Waals surface area contributed by atoms with Gasteiger partial charge < -0.3 is 10.2 Å². The average Bonchev–Trinajstić information content (AvgIpc) is 2.68. The number of hydroxylamine groups is 2. The topological polar surface area (TPSA) is 163 Å². The quantitative estimate of drug-likeness (QED) is 0.160. The summed E-state index contributed by atoms with van der Waals surface area (Å²) in [5.74, 6) is 3.97.